The van der Waals surface area contributed by atoms with Crippen molar-refractivity contribution in [3.05, 3.63) is 57.6 Å². The molecule has 3 aliphatic rings. The molecule has 2 aliphatic heterocycles. The first-order valence-electron chi connectivity index (χ1n) is 11.8. The highest BCUT2D eigenvalue weighted by Gasteiger charge is 2.31. The average Bonchev–Trinajstić information content (AvgIpc) is 3.60. The minimum Gasteiger partial charge on any atom is -0.495 e. The smallest absolute Gasteiger partial charge is 0.261 e. The van der Waals surface area contributed by atoms with Gasteiger partial charge in [0.2, 0.25) is 5.91 Å². The molecule has 11 heteroatoms. The van der Waals surface area contributed by atoms with Crippen LogP contribution in [0.15, 0.2) is 52.7 Å². The molecule has 1 aromatic rings. The highest BCUT2D eigenvalue weighted by molar-refractivity contribution is 7.16. The van der Waals surface area contributed by atoms with Gasteiger partial charge >= 0.3 is 0 Å². The number of aromatic nitrogens is 1. The Hall–Kier alpha value is -3.65. The fraction of sp³-hybridized carbons (Fsp3) is 0.423. The Morgan fingerprint density at radius 1 is 1.38 bits per heavy atom. The molecule has 1 aromatic heterocycles. The Bertz CT molecular complexity index is 1260. The fourth-order valence-corrected chi connectivity index (χ4v) is 4.45. The topological polar surface area (TPSA) is 86.8 Å². The summed E-state index contributed by atoms with van der Waals surface area (Å²) in [5, 5.41) is 5.84. The Balaban J connectivity index is 1.71. The van der Waals surface area contributed by atoms with Gasteiger partial charge in [0, 0.05) is 56.6 Å². The summed E-state index contributed by atoms with van der Waals surface area (Å²) in [5.74, 6) is 6.47. The van der Waals surface area contributed by atoms with Gasteiger partial charge in [0.15, 0.2) is 5.13 Å². The Kier molecular flexibility index (Phi) is 7.97. The number of halogens is 2. The van der Waals surface area contributed by atoms with Crippen LogP contribution in [0.3, 0.4) is 0 Å². The van der Waals surface area contributed by atoms with E-state index in [0.717, 1.165) is 17.7 Å². The molecule has 196 valence electrons. The third kappa shape index (κ3) is 6.38. The van der Waals surface area contributed by atoms with E-state index in [4.69, 9.17) is 4.74 Å². The lowest BCUT2D eigenvalue weighted by molar-refractivity contribution is -0.128. The largest absolute Gasteiger partial charge is 0.495 e. The van der Waals surface area contributed by atoms with E-state index in [0.29, 0.717) is 39.2 Å². The van der Waals surface area contributed by atoms with Gasteiger partial charge in [-0.05, 0) is 30.6 Å². The summed E-state index contributed by atoms with van der Waals surface area (Å²) in [4.78, 5) is 34.2. The number of anilines is 1. The second kappa shape index (κ2) is 11.2. The van der Waals surface area contributed by atoms with Crippen molar-refractivity contribution in [3.8, 4) is 11.8 Å². The number of allylic oxidation sites excluding steroid dienone is 2. The standard InChI is InChI=1S/C26H29F2N5O3S/c1-32(2)23(34)10-16-9-18(19-11-21(24(27)28)29-13-22(19)36-4)20(14-33(16)3)25(35)31-26-30-12-17(37-26)8-7-15-5-6-15/h9,11-13,15,21,24,29H,5-6,10,14H2,1-4H3,(H,30,31,35). The molecule has 2 N–H and O–H groups in total. The van der Waals surface area contributed by atoms with E-state index >= 15 is 0 Å². The number of likely N-dealkylation sites (N-methyl/N-ethyl adjacent to an activating group) is 1. The number of dihydropyridines is 1. The van der Waals surface area contributed by atoms with Crippen molar-refractivity contribution in [1.82, 2.24) is 20.1 Å². The molecule has 1 aliphatic carbocycles. The van der Waals surface area contributed by atoms with Gasteiger partial charge in [-0.25, -0.2) is 13.8 Å². The van der Waals surface area contributed by atoms with Crippen molar-refractivity contribution in [2.75, 3.05) is 40.1 Å². The van der Waals surface area contributed by atoms with E-state index in [2.05, 4.69) is 27.5 Å². The first-order chi connectivity index (χ1) is 17.7. The molecule has 4 rings (SSSR count). The second-order valence-electron chi connectivity index (χ2n) is 9.20. The van der Waals surface area contributed by atoms with Gasteiger partial charge in [-0.2, -0.15) is 0 Å². The summed E-state index contributed by atoms with van der Waals surface area (Å²) in [5.41, 5.74) is 1.77. The maximum Gasteiger partial charge on any atom is 0.261 e. The number of ether oxygens (including phenoxy) is 1. The predicted octanol–water partition coefficient (Wildman–Crippen LogP) is 3.10. The number of rotatable bonds is 7. The summed E-state index contributed by atoms with van der Waals surface area (Å²) in [6.45, 7) is 0.161. The van der Waals surface area contributed by atoms with E-state index < -0.39 is 18.4 Å². The molecule has 8 nitrogen and oxygen atoms in total. The first-order valence-corrected chi connectivity index (χ1v) is 12.6. The predicted molar refractivity (Wildman–Crippen MR) is 137 cm³/mol. The van der Waals surface area contributed by atoms with Gasteiger partial charge in [0.25, 0.3) is 12.3 Å². The number of thiazole rings is 1. The molecule has 2 amide bonds. The number of carbonyl (C=O) groups is 2. The maximum absolute atomic E-state index is 13.6. The van der Waals surface area contributed by atoms with E-state index in [1.807, 2.05) is 0 Å². The summed E-state index contributed by atoms with van der Waals surface area (Å²) in [7, 11) is 6.53. The van der Waals surface area contributed by atoms with E-state index in [9.17, 15) is 18.4 Å². The van der Waals surface area contributed by atoms with Gasteiger partial charge < -0.3 is 19.9 Å². The molecule has 37 heavy (non-hydrogen) atoms. The van der Waals surface area contributed by atoms with Crippen molar-refractivity contribution in [2.24, 2.45) is 5.92 Å². The SMILES string of the molecule is COC1=CNC(C(F)F)C=C1C1=C(C(=O)Nc2ncc(C#CC3CC3)s2)CN(C)C(CC(=O)N(C)C)=C1. The number of methoxy groups -OCH3 is 1. The minimum atomic E-state index is -2.67. The number of carbonyl (C=O) groups excluding carboxylic acids is 2. The molecule has 0 saturated heterocycles. The fourth-order valence-electron chi connectivity index (χ4n) is 3.78. The molecule has 0 spiro atoms. The van der Waals surface area contributed by atoms with Crippen LogP contribution in [0.5, 0.6) is 0 Å². The zero-order valence-electron chi connectivity index (χ0n) is 21.1. The van der Waals surface area contributed by atoms with Crippen molar-refractivity contribution in [3.63, 3.8) is 0 Å². The molecular weight excluding hydrogens is 500 g/mol. The Labute approximate surface area is 218 Å². The Morgan fingerprint density at radius 3 is 2.78 bits per heavy atom. The molecule has 1 atom stereocenters. The van der Waals surface area contributed by atoms with E-state index in [-0.39, 0.29) is 18.9 Å². The number of hydrogen-bond donors (Lipinski definition) is 2. The van der Waals surface area contributed by atoms with Crippen LogP contribution in [0.2, 0.25) is 0 Å². The third-order valence-corrected chi connectivity index (χ3v) is 6.96. The molecule has 0 aromatic carbocycles. The monoisotopic (exact) mass is 529 g/mol. The van der Waals surface area contributed by atoms with Crippen molar-refractivity contribution in [2.45, 2.75) is 31.7 Å². The number of nitrogens with zero attached hydrogens (tertiary/aromatic N) is 3. The zero-order chi connectivity index (χ0) is 26.7. The summed E-state index contributed by atoms with van der Waals surface area (Å²) in [6.07, 6.45) is 5.70. The van der Waals surface area contributed by atoms with Gasteiger partial charge in [0.05, 0.1) is 24.6 Å². The van der Waals surface area contributed by atoms with Crippen LogP contribution in [0.1, 0.15) is 24.1 Å². The van der Waals surface area contributed by atoms with Gasteiger partial charge in [0.1, 0.15) is 11.8 Å². The van der Waals surface area contributed by atoms with Crippen molar-refractivity contribution < 1.29 is 23.1 Å². The molecule has 1 unspecified atom stereocenters. The number of alkyl halides is 2. The second-order valence-corrected chi connectivity index (χ2v) is 10.2. The van der Waals surface area contributed by atoms with Crippen LogP contribution in [0, 0.1) is 17.8 Å². The van der Waals surface area contributed by atoms with E-state index in [1.165, 1.54) is 35.6 Å². The highest BCUT2D eigenvalue weighted by atomic mass is 32.1. The minimum absolute atomic E-state index is 0.0905. The van der Waals surface area contributed by atoms with Gasteiger partial charge in [-0.3, -0.25) is 14.9 Å². The van der Waals surface area contributed by atoms with Crippen LogP contribution in [0.25, 0.3) is 0 Å². The van der Waals surface area contributed by atoms with Crippen LogP contribution in [0.4, 0.5) is 13.9 Å². The first kappa shape index (κ1) is 26.4. The number of nitrogens with one attached hydrogen (secondary N) is 2. The molecule has 0 bridgehead atoms. The third-order valence-electron chi connectivity index (χ3n) is 6.13. The van der Waals surface area contributed by atoms with Crippen LogP contribution >= 0.6 is 11.3 Å². The molecule has 1 fully saturated rings. The van der Waals surface area contributed by atoms with Crippen LogP contribution < -0.4 is 10.6 Å². The Morgan fingerprint density at radius 2 is 2.14 bits per heavy atom. The molecule has 1 saturated carbocycles. The normalized spacial score (nSPS) is 19.3. The molecule has 0 radical (unpaired) electrons. The zero-order valence-corrected chi connectivity index (χ0v) is 21.9. The maximum atomic E-state index is 13.6. The quantitative estimate of drug-likeness (QED) is 0.528. The summed E-state index contributed by atoms with van der Waals surface area (Å²) >= 11 is 1.28. The molecular formula is C26H29F2N5O3S. The van der Waals surface area contributed by atoms with E-state index in [1.54, 1.807) is 38.3 Å². The van der Waals surface area contributed by atoms with Crippen molar-refractivity contribution in [1.29, 1.82) is 0 Å². The van der Waals surface area contributed by atoms with Crippen molar-refractivity contribution >= 4 is 28.3 Å². The number of amides is 2. The van der Waals surface area contributed by atoms with Gasteiger partial charge in [-0.1, -0.05) is 23.2 Å². The molecule has 3 heterocycles. The number of hydrogen-bond acceptors (Lipinski definition) is 7. The van der Waals surface area contributed by atoms with Crippen LogP contribution in [-0.4, -0.2) is 73.9 Å². The highest BCUT2D eigenvalue weighted by Crippen LogP contribution is 2.34. The summed E-state index contributed by atoms with van der Waals surface area (Å²) < 4.78 is 32.6. The lowest BCUT2D eigenvalue weighted by Crippen LogP contribution is -2.36. The van der Waals surface area contributed by atoms with Crippen LogP contribution in [-0.2, 0) is 14.3 Å². The lowest BCUT2D eigenvalue weighted by Gasteiger charge is -2.32. The van der Waals surface area contributed by atoms with Gasteiger partial charge in [-0.15, -0.1) is 0 Å². The summed E-state index contributed by atoms with van der Waals surface area (Å²) in [6, 6.07) is -1.25. The average molecular weight is 530 g/mol. The lowest BCUT2D eigenvalue weighted by atomic mass is 9.90.